The van der Waals surface area contributed by atoms with Gasteiger partial charge in [0.1, 0.15) is 0 Å². The highest BCUT2D eigenvalue weighted by Gasteiger charge is 2.35. The van der Waals surface area contributed by atoms with E-state index in [0.29, 0.717) is 0 Å². The summed E-state index contributed by atoms with van der Waals surface area (Å²) in [5.74, 6) is -1.25. The quantitative estimate of drug-likeness (QED) is 0.617. The maximum Gasteiger partial charge on any atom is 0.289 e. The molecule has 4 rings (SSSR count). The largest absolute Gasteiger partial charge is 0.459 e. The molecule has 3 amide bonds. The molecule has 10 nitrogen and oxygen atoms in total. The van der Waals surface area contributed by atoms with Gasteiger partial charge in [0, 0.05) is 51.4 Å². The molecule has 1 atom stereocenters. The summed E-state index contributed by atoms with van der Waals surface area (Å²) in [6.45, 7) is 3.10. The van der Waals surface area contributed by atoms with Gasteiger partial charge in [0.2, 0.25) is 21.8 Å². The summed E-state index contributed by atoms with van der Waals surface area (Å²) in [6, 6.07) is 10.7. The molecule has 11 heteroatoms. The van der Waals surface area contributed by atoms with Crippen molar-refractivity contribution in [3.63, 3.8) is 0 Å². The number of nitrogens with one attached hydrogen (secondary N) is 1. The number of hydrogen-bond donors (Lipinski definition) is 1. The van der Waals surface area contributed by atoms with Crippen molar-refractivity contribution in [2.75, 3.05) is 49.9 Å². The SMILES string of the molecule is Cc1ccc(N2CC(C(=O)NCCS(=O)(=O)N3CCN(C(=O)c4ccco4)CC3)CC2=O)cc1. The molecule has 1 N–H and O–H groups in total. The van der Waals surface area contributed by atoms with E-state index in [1.807, 2.05) is 31.2 Å². The number of anilines is 1. The summed E-state index contributed by atoms with van der Waals surface area (Å²) in [4.78, 5) is 40.4. The Hall–Kier alpha value is -3.18. The van der Waals surface area contributed by atoms with Gasteiger partial charge in [-0.3, -0.25) is 14.4 Å². The van der Waals surface area contributed by atoms with E-state index in [2.05, 4.69) is 5.32 Å². The van der Waals surface area contributed by atoms with Gasteiger partial charge in [-0.15, -0.1) is 0 Å². The number of carbonyl (C=O) groups excluding carboxylic acids is 3. The summed E-state index contributed by atoms with van der Waals surface area (Å²) in [5, 5.41) is 2.67. The van der Waals surface area contributed by atoms with Crippen LogP contribution in [0.4, 0.5) is 5.69 Å². The fourth-order valence-electron chi connectivity index (χ4n) is 4.16. The van der Waals surface area contributed by atoms with Crippen molar-refractivity contribution >= 4 is 33.4 Å². The van der Waals surface area contributed by atoms with Crippen LogP contribution in [-0.2, 0) is 19.6 Å². The fourth-order valence-corrected chi connectivity index (χ4v) is 5.50. The molecule has 0 radical (unpaired) electrons. The molecule has 0 bridgehead atoms. The van der Waals surface area contributed by atoms with Gasteiger partial charge in [0.15, 0.2) is 5.76 Å². The van der Waals surface area contributed by atoms with E-state index in [0.717, 1.165) is 11.3 Å². The second-order valence-corrected chi connectivity index (χ2v) is 10.6. The van der Waals surface area contributed by atoms with Gasteiger partial charge < -0.3 is 19.5 Å². The maximum atomic E-state index is 12.7. The van der Waals surface area contributed by atoms with Crippen molar-refractivity contribution in [2.24, 2.45) is 5.92 Å². The van der Waals surface area contributed by atoms with Crippen LogP contribution < -0.4 is 10.2 Å². The number of piperazine rings is 1. The molecule has 2 fully saturated rings. The van der Waals surface area contributed by atoms with Gasteiger partial charge >= 0.3 is 0 Å². The standard InChI is InChI=1S/C23H28N4O6S/c1-17-4-6-19(7-5-17)27-16-18(15-21(27)28)22(29)24-8-14-34(31,32)26-11-9-25(10-12-26)23(30)20-3-2-13-33-20/h2-7,13,18H,8-12,14-16H2,1H3,(H,24,29). The van der Waals surface area contributed by atoms with Crippen LogP contribution in [0.1, 0.15) is 22.5 Å². The molecule has 3 heterocycles. The van der Waals surface area contributed by atoms with Crippen LogP contribution in [0.25, 0.3) is 0 Å². The number of sulfonamides is 1. The number of aryl methyl sites for hydroxylation is 1. The van der Waals surface area contributed by atoms with Crippen LogP contribution in [-0.4, -0.2) is 80.4 Å². The maximum absolute atomic E-state index is 12.7. The van der Waals surface area contributed by atoms with E-state index < -0.39 is 15.9 Å². The number of rotatable bonds is 7. The normalized spacial score (nSPS) is 19.4. The number of benzene rings is 1. The van der Waals surface area contributed by atoms with Gasteiger partial charge in [-0.1, -0.05) is 17.7 Å². The second kappa shape index (κ2) is 9.98. The van der Waals surface area contributed by atoms with Crippen molar-refractivity contribution in [2.45, 2.75) is 13.3 Å². The van der Waals surface area contributed by atoms with Crippen LogP contribution in [0.2, 0.25) is 0 Å². The molecule has 2 aromatic rings. The van der Waals surface area contributed by atoms with Gasteiger partial charge in [-0.2, -0.15) is 4.31 Å². The molecule has 34 heavy (non-hydrogen) atoms. The zero-order chi connectivity index (χ0) is 24.3. The molecule has 182 valence electrons. The van der Waals surface area contributed by atoms with E-state index in [9.17, 15) is 22.8 Å². The lowest BCUT2D eigenvalue weighted by molar-refractivity contribution is -0.126. The van der Waals surface area contributed by atoms with Gasteiger partial charge in [-0.05, 0) is 31.2 Å². The third-order valence-electron chi connectivity index (χ3n) is 6.15. The Labute approximate surface area is 198 Å². The minimum absolute atomic E-state index is 0.0398. The highest BCUT2D eigenvalue weighted by atomic mass is 32.2. The minimum Gasteiger partial charge on any atom is -0.459 e. The zero-order valence-corrected chi connectivity index (χ0v) is 19.8. The summed E-state index contributed by atoms with van der Waals surface area (Å²) in [6.07, 6.45) is 1.52. The molecular formula is C23H28N4O6S. The van der Waals surface area contributed by atoms with Crippen molar-refractivity contribution in [1.82, 2.24) is 14.5 Å². The van der Waals surface area contributed by atoms with Gasteiger partial charge in [0.25, 0.3) is 5.91 Å². The van der Waals surface area contributed by atoms with Crippen molar-refractivity contribution < 1.29 is 27.2 Å². The first-order chi connectivity index (χ1) is 16.2. The number of furan rings is 1. The van der Waals surface area contributed by atoms with Crippen molar-refractivity contribution in [1.29, 1.82) is 0 Å². The van der Waals surface area contributed by atoms with Crippen molar-refractivity contribution in [3.8, 4) is 0 Å². The average Bonchev–Trinajstić information content (AvgIpc) is 3.49. The Bertz CT molecular complexity index is 1140. The third-order valence-corrected chi connectivity index (χ3v) is 8.02. The monoisotopic (exact) mass is 488 g/mol. The smallest absolute Gasteiger partial charge is 0.289 e. The van der Waals surface area contributed by atoms with Crippen molar-refractivity contribution in [3.05, 3.63) is 54.0 Å². The number of amides is 3. The Balaban J connectivity index is 1.23. The summed E-state index contributed by atoms with van der Waals surface area (Å²) >= 11 is 0. The van der Waals surface area contributed by atoms with Crippen LogP contribution in [0.5, 0.6) is 0 Å². The highest BCUT2D eigenvalue weighted by Crippen LogP contribution is 2.25. The molecule has 1 aromatic heterocycles. The summed E-state index contributed by atoms with van der Waals surface area (Å²) < 4.78 is 31.9. The number of nitrogens with zero attached hydrogens (tertiary/aromatic N) is 3. The lowest BCUT2D eigenvalue weighted by Crippen LogP contribution is -2.51. The number of carbonyl (C=O) groups is 3. The Morgan fingerprint density at radius 3 is 2.44 bits per heavy atom. The Kier molecular flexibility index (Phi) is 7.03. The van der Waals surface area contributed by atoms with Crippen LogP contribution in [0.3, 0.4) is 0 Å². The molecule has 2 aliphatic heterocycles. The third kappa shape index (κ3) is 5.31. The molecule has 1 unspecified atom stereocenters. The molecule has 0 spiro atoms. The van der Waals surface area contributed by atoms with Crippen LogP contribution >= 0.6 is 0 Å². The lowest BCUT2D eigenvalue weighted by Gasteiger charge is -2.33. The van der Waals surface area contributed by atoms with E-state index in [1.54, 1.807) is 21.9 Å². The molecule has 0 aliphatic carbocycles. The average molecular weight is 489 g/mol. The molecule has 2 saturated heterocycles. The predicted octanol–water partition coefficient (Wildman–Crippen LogP) is 0.845. The van der Waals surface area contributed by atoms with E-state index in [1.165, 1.54) is 10.6 Å². The summed E-state index contributed by atoms with van der Waals surface area (Å²) in [5.41, 5.74) is 1.83. The molecular weight excluding hydrogens is 460 g/mol. The zero-order valence-electron chi connectivity index (χ0n) is 19.0. The molecule has 0 saturated carbocycles. The second-order valence-electron chi connectivity index (χ2n) is 8.52. The number of hydrogen-bond acceptors (Lipinski definition) is 6. The van der Waals surface area contributed by atoms with E-state index in [4.69, 9.17) is 4.42 Å². The Morgan fingerprint density at radius 2 is 1.79 bits per heavy atom. The lowest BCUT2D eigenvalue weighted by atomic mass is 10.1. The first kappa shape index (κ1) is 24.0. The first-order valence-corrected chi connectivity index (χ1v) is 12.8. The minimum atomic E-state index is -3.59. The van der Waals surface area contributed by atoms with E-state index >= 15 is 0 Å². The van der Waals surface area contributed by atoms with Gasteiger partial charge in [-0.25, -0.2) is 8.42 Å². The van der Waals surface area contributed by atoms with Crippen LogP contribution in [0.15, 0.2) is 47.1 Å². The fraction of sp³-hybridized carbons (Fsp3) is 0.435. The van der Waals surface area contributed by atoms with Gasteiger partial charge in [0.05, 0.1) is 17.9 Å². The van der Waals surface area contributed by atoms with Crippen LogP contribution in [0, 0.1) is 12.8 Å². The summed E-state index contributed by atoms with van der Waals surface area (Å²) in [7, 11) is -3.59. The Morgan fingerprint density at radius 1 is 1.09 bits per heavy atom. The topological polar surface area (TPSA) is 120 Å². The first-order valence-electron chi connectivity index (χ1n) is 11.2. The highest BCUT2D eigenvalue weighted by molar-refractivity contribution is 7.89. The molecule has 1 aromatic carbocycles. The van der Waals surface area contributed by atoms with E-state index in [-0.39, 0.29) is 74.9 Å². The predicted molar refractivity (Wildman–Crippen MR) is 125 cm³/mol. The molecule has 2 aliphatic rings.